The van der Waals surface area contributed by atoms with Crippen LogP contribution in [-0.4, -0.2) is 17.4 Å². The Balaban J connectivity index is 2.12. The molecule has 1 saturated carbocycles. The Hall–Kier alpha value is -0.0500. The monoisotopic (exact) mass is 220 g/mol. The lowest BCUT2D eigenvalue weighted by molar-refractivity contribution is -0.143. The van der Waals surface area contributed by atoms with Gasteiger partial charge in [-0.1, -0.05) is 15.9 Å². The maximum Gasteiger partial charge on any atom is 0.306 e. The molecule has 0 N–H and O–H groups in total. The summed E-state index contributed by atoms with van der Waals surface area (Å²) in [5.41, 5.74) is 0. The van der Waals surface area contributed by atoms with E-state index in [-0.39, 0.29) is 5.97 Å². The van der Waals surface area contributed by atoms with Gasteiger partial charge in [0.2, 0.25) is 0 Å². The molecule has 1 atom stereocenters. The zero-order valence-corrected chi connectivity index (χ0v) is 8.26. The fraction of sp³-hybridized carbons (Fsp3) is 0.875. The summed E-state index contributed by atoms with van der Waals surface area (Å²) < 4.78 is 4.82. The van der Waals surface area contributed by atoms with Gasteiger partial charge in [0.25, 0.3) is 0 Å². The molecule has 0 heterocycles. The van der Waals surface area contributed by atoms with Gasteiger partial charge in [-0.25, -0.2) is 0 Å². The van der Waals surface area contributed by atoms with Crippen LogP contribution in [0.4, 0.5) is 0 Å². The van der Waals surface area contributed by atoms with E-state index in [0.29, 0.717) is 17.9 Å². The second kappa shape index (κ2) is 4.10. The van der Waals surface area contributed by atoms with Gasteiger partial charge >= 0.3 is 5.97 Å². The third-order valence-electron chi connectivity index (χ3n) is 1.80. The number of esters is 1. The van der Waals surface area contributed by atoms with Crippen LogP contribution in [0.1, 0.15) is 26.2 Å². The van der Waals surface area contributed by atoms with Crippen LogP contribution in [0.3, 0.4) is 0 Å². The quantitative estimate of drug-likeness (QED) is 0.536. The lowest BCUT2D eigenvalue weighted by Gasteiger charge is -2.06. The first-order valence-electron chi connectivity index (χ1n) is 4.03. The Morgan fingerprint density at radius 2 is 2.36 bits per heavy atom. The van der Waals surface area contributed by atoms with E-state index in [1.807, 2.05) is 6.92 Å². The van der Waals surface area contributed by atoms with Crippen molar-refractivity contribution >= 4 is 21.9 Å². The number of ether oxygens (including phenoxy) is 1. The first-order chi connectivity index (χ1) is 5.24. The molecule has 0 aromatic rings. The Morgan fingerprint density at radius 1 is 1.73 bits per heavy atom. The highest BCUT2D eigenvalue weighted by Crippen LogP contribution is 2.38. The summed E-state index contributed by atoms with van der Waals surface area (Å²) >= 11 is 3.47. The zero-order chi connectivity index (χ0) is 8.27. The van der Waals surface area contributed by atoms with Gasteiger partial charge in [0.05, 0.1) is 13.0 Å². The molecule has 1 fully saturated rings. The van der Waals surface area contributed by atoms with Crippen LogP contribution >= 0.6 is 15.9 Å². The van der Waals surface area contributed by atoms with Crippen molar-refractivity contribution in [1.82, 2.24) is 0 Å². The van der Waals surface area contributed by atoms with Crippen LogP contribution in [-0.2, 0) is 9.53 Å². The molecular formula is C8H13BrO2. The first-order valence-corrected chi connectivity index (χ1v) is 4.95. The maximum absolute atomic E-state index is 10.9. The van der Waals surface area contributed by atoms with Gasteiger partial charge in [0, 0.05) is 4.83 Å². The molecule has 0 radical (unpaired) electrons. The number of hydrogen-bond acceptors (Lipinski definition) is 2. The van der Waals surface area contributed by atoms with E-state index in [9.17, 15) is 4.79 Å². The maximum atomic E-state index is 10.9. The molecule has 0 spiro atoms. The molecule has 3 heteroatoms. The predicted molar refractivity (Wildman–Crippen MR) is 46.7 cm³/mol. The molecule has 11 heavy (non-hydrogen) atoms. The highest BCUT2D eigenvalue weighted by molar-refractivity contribution is 9.09. The number of alkyl halides is 1. The molecule has 1 aliphatic rings. The second-order valence-corrected chi connectivity index (χ2v) is 4.04. The number of halogens is 1. The van der Waals surface area contributed by atoms with Crippen LogP contribution in [0.5, 0.6) is 0 Å². The molecule has 64 valence electrons. The van der Waals surface area contributed by atoms with Crippen molar-refractivity contribution in [3.05, 3.63) is 0 Å². The Morgan fingerprint density at radius 3 is 2.82 bits per heavy atom. The van der Waals surface area contributed by atoms with Crippen molar-refractivity contribution in [2.45, 2.75) is 31.0 Å². The van der Waals surface area contributed by atoms with Crippen LogP contribution in [0.15, 0.2) is 0 Å². The normalized spacial score (nSPS) is 19.5. The van der Waals surface area contributed by atoms with Crippen molar-refractivity contribution in [1.29, 1.82) is 0 Å². The SMILES string of the molecule is CCOC(=O)CC(Br)C1CC1. The average molecular weight is 221 g/mol. The Bertz CT molecular complexity index is 143. The van der Waals surface area contributed by atoms with E-state index in [1.165, 1.54) is 12.8 Å². The fourth-order valence-corrected chi connectivity index (χ4v) is 1.80. The highest BCUT2D eigenvalue weighted by atomic mass is 79.9. The van der Waals surface area contributed by atoms with Crippen molar-refractivity contribution in [2.24, 2.45) is 5.92 Å². The third-order valence-corrected chi connectivity index (χ3v) is 2.87. The zero-order valence-electron chi connectivity index (χ0n) is 6.68. The van der Waals surface area contributed by atoms with Crippen LogP contribution < -0.4 is 0 Å². The standard InChI is InChI=1S/C8H13BrO2/c1-2-11-8(10)5-7(9)6-3-4-6/h6-7H,2-5H2,1H3. The summed E-state index contributed by atoms with van der Waals surface area (Å²) in [5, 5.41) is 0. The largest absolute Gasteiger partial charge is 0.466 e. The number of rotatable bonds is 4. The van der Waals surface area contributed by atoms with Crippen LogP contribution in [0.25, 0.3) is 0 Å². The molecule has 1 rings (SSSR count). The molecule has 1 aliphatic carbocycles. The lowest BCUT2D eigenvalue weighted by atomic mass is 10.2. The molecule has 0 aromatic heterocycles. The van der Waals surface area contributed by atoms with E-state index < -0.39 is 0 Å². The van der Waals surface area contributed by atoms with Gasteiger partial charge in [-0.15, -0.1) is 0 Å². The van der Waals surface area contributed by atoms with E-state index >= 15 is 0 Å². The second-order valence-electron chi connectivity index (χ2n) is 2.86. The van der Waals surface area contributed by atoms with Gasteiger partial charge in [0.15, 0.2) is 0 Å². The van der Waals surface area contributed by atoms with Crippen molar-refractivity contribution < 1.29 is 9.53 Å². The summed E-state index contributed by atoms with van der Waals surface area (Å²) in [6, 6.07) is 0. The number of carbonyl (C=O) groups excluding carboxylic acids is 1. The van der Waals surface area contributed by atoms with Gasteiger partial charge in [-0.05, 0) is 25.7 Å². The van der Waals surface area contributed by atoms with Gasteiger partial charge in [-0.3, -0.25) is 4.79 Å². The van der Waals surface area contributed by atoms with E-state index in [1.54, 1.807) is 0 Å². The summed E-state index contributed by atoms with van der Waals surface area (Å²) in [7, 11) is 0. The number of carbonyl (C=O) groups is 1. The molecule has 0 saturated heterocycles. The van der Waals surface area contributed by atoms with Gasteiger partial charge < -0.3 is 4.74 Å². The number of hydrogen-bond donors (Lipinski definition) is 0. The predicted octanol–water partition coefficient (Wildman–Crippen LogP) is 2.11. The summed E-state index contributed by atoms with van der Waals surface area (Å²) in [5.74, 6) is 0.640. The molecule has 0 aromatic carbocycles. The van der Waals surface area contributed by atoms with E-state index in [0.717, 1.165) is 5.92 Å². The molecule has 0 aliphatic heterocycles. The van der Waals surface area contributed by atoms with Crippen LogP contribution in [0.2, 0.25) is 0 Å². The molecule has 2 nitrogen and oxygen atoms in total. The minimum Gasteiger partial charge on any atom is -0.466 e. The summed E-state index contributed by atoms with van der Waals surface area (Å²) in [6.45, 7) is 2.32. The van der Waals surface area contributed by atoms with Crippen molar-refractivity contribution in [3.63, 3.8) is 0 Å². The summed E-state index contributed by atoms with van der Waals surface area (Å²) in [4.78, 5) is 11.3. The lowest BCUT2D eigenvalue weighted by Crippen LogP contribution is -2.12. The Kier molecular flexibility index (Phi) is 3.37. The molecular weight excluding hydrogens is 208 g/mol. The topological polar surface area (TPSA) is 26.3 Å². The van der Waals surface area contributed by atoms with Crippen molar-refractivity contribution in [3.8, 4) is 0 Å². The minimum atomic E-state index is -0.0822. The molecule has 0 amide bonds. The highest BCUT2D eigenvalue weighted by Gasteiger charge is 2.30. The Labute approximate surface area is 75.4 Å². The minimum absolute atomic E-state index is 0.0822. The van der Waals surface area contributed by atoms with E-state index in [2.05, 4.69) is 15.9 Å². The summed E-state index contributed by atoms with van der Waals surface area (Å²) in [6.07, 6.45) is 3.04. The van der Waals surface area contributed by atoms with Gasteiger partial charge in [-0.2, -0.15) is 0 Å². The third kappa shape index (κ3) is 3.23. The van der Waals surface area contributed by atoms with E-state index in [4.69, 9.17) is 4.74 Å². The van der Waals surface area contributed by atoms with Crippen molar-refractivity contribution in [2.75, 3.05) is 6.61 Å². The molecule has 0 bridgehead atoms. The van der Waals surface area contributed by atoms with Crippen LogP contribution in [0, 0.1) is 5.92 Å². The molecule has 1 unspecified atom stereocenters. The smallest absolute Gasteiger partial charge is 0.306 e. The van der Waals surface area contributed by atoms with Gasteiger partial charge in [0.1, 0.15) is 0 Å². The fourth-order valence-electron chi connectivity index (χ4n) is 1.00. The average Bonchev–Trinajstić information content (AvgIpc) is 2.67. The first kappa shape index (κ1) is 9.04.